The summed E-state index contributed by atoms with van der Waals surface area (Å²) in [5.74, 6) is 0.881. The highest BCUT2D eigenvalue weighted by Crippen LogP contribution is 2.22. The third-order valence-corrected chi connectivity index (χ3v) is 2.43. The van der Waals surface area contributed by atoms with E-state index in [-0.39, 0.29) is 0 Å². The Morgan fingerprint density at radius 2 is 1.88 bits per heavy atom. The van der Waals surface area contributed by atoms with Gasteiger partial charge in [-0.1, -0.05) is 12.1 Å². The first-order valence-electron chi connectivity index (χ1n) is 5.95. The molecule has 0 saturated heterocycles. The molecule has 17 heavy (non-hydrogen) atoms. The van der Waals surface area contributed by atoms with Gasteiger partial charge in [-0.3, -0.25) is 0 Å². The van der Waals surface area contributed by atoms with Crippen LogP contribution in [0.2, 0.25) is 0 Å². The fraction of sp³-hybridized carbons (Fsp3) is 0.538. The van der Waals surface area contributed by atoms with Gasteiger partial charge in [-0.15, -0.1) is 0 Å². The number of methoxy groups -OCH3 is 2. The average Bonchev–Trinajstić information content (AvgIpc) is 2.38. The predicted octanol–water partition coefficient (Wildman–Crippen LogP) is 1.73. The molecule has 0 aliphatic carbocycles. The fourth-order valence-corrected chi connectivity index (χ4v) is 1.54. The molecule has 0 aliphatic rings. The summed E-state index contributed by atoms with van der Waals surface area (Å²) in [5.41, 5.74) is 1.04. The monoisotopic (exact) mass is 238 g/mol. The SMILES string of the molecule is COCCCNCCNc1ccccc1OC. The molecule has 1 rings (SSSR count). The zero-order valence-corrected chi connectivity index (χ0v) is 10.7. The molecule has 1 aromatic rings. The number of hydrogen-bond donors (Lipinski definition) is 2. The number of benzene rings is 1. The van der Waals surface area contributed by atoms with Gasteiger partial charge in [-0.2, -0.15) is 0 Å². The van der Waals surface area contributed by atoms with Crippen LogP contribution in [0.4, 0.5) is 5.69 Å². The Balaban J connectivity index is 2.13. The van der Waals surface area contributed by atoms with Crippen molar-refractivity contribution in [2.24, 2.45) is 0 Å². The zero-order chi connectivity index (χ0) is 12.3. The van der Waals surface area contributed by atoms with E-state index in [1.54, 1.807) is 14.2 Å². The van der Waals surface area contributed by atoms with Crippen molar-refractivity contribution in [2.45, 2.75) is 6.42 Å². The lowest BCUT2D eigenvalue weighted by Crippen LogP contribution is -2.24. The quantitative estimate of drug-likeness (QED) is 0.643. The number of nitrogens with one attached hydrogen (secondary N) is 2. The standard InChI is InChI=1S/C13H22N2O2/c1-16-11-5-8-14-9-10-15-12-6-3-4-7-13(12)17-2/h3-4,6-7,14-15H,5,8-11H2,1-2H3. The van der Waals surface area contributed by atoms with E-state index >= 15 is 0 Å². The molecule has 0 bridgehead atoms. The van der Waals surface area contributed by atoms with E-state index in [4.69, 9.17) is 9.47 Å². The molecule has 0 atom stereocenters. The molecule has 96 valence electrons. The van der Waals surface area contributed by atoms with Crippen molar-refractivity contribution in [2.75, 3.05) is 45.8 Å². The van der Waals surface area contributed by atoms with Crippen LogP contribution in [-0.2, 0) is 4.74 Å². The summed E-state index contributed by atoms with van der Waals surface area (Å²) in [4.78, 5) is 0. The minimum Gasteiger partial charge on any atom is -0.495 e. The van der Waals surface area contributed by atoms with E-state index in [1.807, 2.05) is 24.3 Å². The molecule has 0 spiro atoms. The van der Waals surface area contributed by atoms with Crippen molar-refractivity contribution in [1.82, 2.24) is 5.32 Å². The van der Waals surface area contributed by atoms with Crippen LogP contribution in [0.15, 0.2) is 24.3 Å². The smallest absolute Gasteiger partial charge is 0.141 e. The zero-order valence-electron chi connectivity index (χ0n) is 10.7. The molecule has 0 aliphatic heterocycles. The first-order chi connectivity index (χ1) is 8.38. The summed E-state index contributed by atoms with van der Waals surface area (Å²) in [6, 6.07) is 7.93. The number of rotatable bonds is 9. The highest BCUT2D eigenvalue weighted by atomic mass is 16.5. The number of anilines is 1. The lowest BCUT2D eigenvalue weighted by molar-refractivity contribution is 0.194. The average molecular weight is 238 g/mol. The van der Waals surface area contributed by atoms with Gasteiger partial charge >= 0.3 is 0 Å². The predicted molar refractivity (Wildman–Crippen MR) is 70.8 cm³/mol. The van der Waals surface area contributed by atoms with Gasteiger partial charge in [0.2, 0.25) is 0 Å². The van der Waals surface area contributed by atoms with Gasteiger partial charge in [-0.05, 0) is 25.1 Å². The summed E-state index contributed by atoms with van der Waals surface area (Å²) in [6.45, 7) is 3.61. The first kappa shape index (κ1) is 13.8. The van der Waals surface area contributed by atoms with Gasteiger partial charge < -0.3 is 20.1 Å². The summed E-state index contributed by atoms with van der Waals surface area (Å²) in [6.07, 6.45) is 1.05. The number of ether oxygens (including phenoxy) is 2. The summed E-state index contributed by atoms with van der Waals surface area (Å²) in [5, 5.41) is 6.68. The molecule has 0 amide bonds. The van der Waals surface area contributed by atoms with Gasteiger partial charge in [-0.25, -0.2) is 0 Å². The third-order valence-electron chi connectivity index (χ3n) is 2.43. The van der Waals surface area contributed by atoms with Crippen molar-refractivity contribution in [3.63, 3.8) is 0 Å². The van der Waals surface area contributed by atoms with E-state index in [9.17, 15) is 0 Å². The molecule has 0 saturated carbocycles. The topological polar surface area (TPSA) is 42.5 Å². The lowest BCUT2D eigenvalue weighted by Gasteiger charge is -2.11. The van der Waals surface area contributed by atoms with Crippen LogP contribution >= 0.6 is 0 Å². The highest BCUT2D eigenvalue weighted by molar-refractivity contribution is 5.56. The second kappa shape index (κ2) is 8.84. The molecule has 0 heterocycles. The van der Waals surface area contributed by atoms with Crippen molar-refractivity contribution in [3.8, 4) is 5.75 Å². The normalized spacial score (nSPS) is 10.2. The lowest BCUT2D eigenvalue weighted by atomic mass is 10.3. The van der Waals surface area contributed by atoms with Crippen LogP contribution in [0.5, 0.6) is 5.75 Å². The van der Waals surface area contributed by atoms with Crippen LogP contribution in [0, 0.1) is 0 Å². The van der Waals surface area contributed by atoms with E-state index < -0.39 is 0 Å². The minimum atomic E-state index is 0.812. The minimum absolute atomic E-state index is 0.812. The summed E-state index contributed by atoms with van der Waals surface area (Å²) >= 11 is 0. The van der Waals surface area contributed by atoms with E-state index in [2.05, 4.69) is 10.6 Å². The van der Waals surface area contributed by atoms with Gasteiger partial charge in [0.05, 0.1) is 12.8 Å². The highest BCUT2D eigenvalue weighted by Gasteiger charge is 1.99. The Bertz CT molecular complexity index is 305. The molecule has 0 radical (unpaired) electrons. The second-order valence-corrected chi connectivity index (χ2v) is 3.72. The fourth-order valence-electron chi connectivity index (χ4n) is 1.54. The van der Waals surface area contributed by atoms with Gasteiger partial charge in [0.1, 0.15) is 5.75 Å². The van der Waals surface area contributed by atoms with E-state index in [0.29, 0.717) is 0 Å². The van der Waals surface area contributed by atoms with Crippen LogP contribution in [0.1, 0.15) is 6.42 Å². The molecule has 1 aromatic carbocycles. The Kier molecular flexibility index (Phi) is 7.18. The van der Waals surface area contributed by atoms with Crippen molar-refractivity contribution in [1.29, 1.82) is 0 Å². The van der Waals surface area contributed by atoms with Crippen LogP contribution < -0.4 is 15.4 Å². The Morgan fingerprint density at radius 3 is 2.65 bits per heavy atom. The molecular formula is C13H22N2O2. The van der Waals surface area contributed by atoms with E-state index in [1.165, 1.54) is 0 Å². The molecular weight excluding hydrogens is 216 g/mol. The molecule has 0 fully saturated rings. The second-order valence-electron chi connectivity index (χ2n) is 3.72. The number of hydrogen-bond acceptors (Lipinski definition) is 4. The Hall–Kier alpha value is -1.26. The van der Waals surface area contributed by atoms with Crippen molar-refractivity contribution in [3.05, 3.63) is 24.3 Å². The van der Waals surface area contributed by atoms with E-state index in [0.717, 1.165) is 44.1 Å². The largest absolute Gasteiger partial charge is 0.495 e. The first-order valence-corrected chi connectivity index (χ1v) is 5.95. The molecule has 2 N–H and O–H groups in total. The van der Waals surface area contributed by atoms with Gasteiger partial charge in [0, 0.05) is 26.8 Å². The maximum atomic E-state index is 5.26. The van der Waals surface area contributed by atoms with Crippen LogP contribution in [-0.4, -0.2) is 40.5 Å². The molecule has 4 heteroatoms. The number of para-hydroxylation sites is 2. The van der Waals surface area contributed by atoms with Crippen molar-refractivity contribution < 1.29 is 9.47 Å². The van der Waals surface area contributed by atoms with Gasteiger partial charge in [0.25, 0.3) is 0 Å². The maximum Gasteiger partial charge on any atom is 0.141 e. The van der Waals surface area contributed by atoms with Gasteiger partial charge in [0.15, 0.2) is 0 Å². The molecule has 0 aromatic heterocycles. The third kappa shape index (κ3) is 5.56. The molecule has 4 nitrogen and oxygen atoms in total. The van der Waals surface area contributed by atoms with Crippen molar-refractivity contribution >= 4 is 5.69 Å². The van der Waals surface area contributed by atoms with Crippen LogP contribution in [0.3, 0.4) is 0 Å². The Labute approximate surface area is 103 Å². The summed E-state index contributed by atoms with van der Waals surface area (Å²) in [7, 11) is 3.41. The molecule has 0 unspecified atom stereocenters. The Morgan fingerprint density at radius 1 is 1.06 bits per heavy atom. The summed E-state index contributed by atoms with van der Waals surface area (Å²) < 4.78 is 10.2. The van der Waals surface area contributed by atoms with Crippen LogP contribution in [0.25, 0.3) is 0 Å². The maximum absolute atomic E-state index is 5.26.